The minimum absolute atomic E-state index is 0.0524. The average Bonchev–Trinajstić information content (AvgIpc) is 2.95. The van der Waals surface area contributed by atoms with Gasteiger partial charge in [0, 0.05) is 17.1 Å². The van der Waals surface area contributed by atoms with Crippen LogP contribution < -0.4 is 0 Å². The number of carbonyl (C=O) groups is 1. The first-order valence-electron chi connectivity index (χ1n) is 8.68. The van der Waals surface area contributed by atoms with Crippen molar-refractivity contribution in [3.8, 4) is 0 Å². The highest BCUT2D eigenvalue weighted by atomic mass is 16.6. The van der Waals surface area contributed by atoms with E-state index in [1.165, 1.54) is 5.56 Å². The summed E-state index contributed by atoms with van der Waals surface area (Å²) in [5.41, 5.74) is 3.98. The van der Waals surface area contributed by atoms with E-state index in [1.807, 2.05) is 45.0 Å². The molecule has 0 aliphatic heterocycles. The van der Waals surface area contributed by atoms with E-state index in [2.05, 4.69) is 42.2 Å². The third-order valence-electron chi connectivity index (χ3n) is 4.28. The third-order valence-corrected chi connectivity index (χ3v) is 4.28. The van der Waals surface area contributed by atoms with Gasteiger partial charge < -0.3 is 9.72 Å². The van der Waals surface area contributed by atoms with Crippen LogP contribution in [-0.2, 0) is 9.53 Å². The van der Waals surface area contributed by atoms with Gasteiger partial charge in [-0.2, -0.15) is 0 Å². The summed E-state index contributed by atoms with van der Waals surface area (Å²) in [5, 5.41) is 1.15. The lowest BCUT2D eigenvalue weighted by molar-refractivity contribution is -0.155. The molecule has 1 heterocycles. The van der Waals surface area contributed by atoms with Crippen LogP contribution in [0.15, 0.2) is 54.6 Å². The molecular formula is C22H25NO2. The molecule has 3 nitrogen and oxygen atoms in total. The molecule has 0 amide bonds. The van der Waals surface area contributed by atoms with Crippen molar-refractivity contribution in [2.45, 2.75) is 45.6 Å². The summed E-state index contributed by atoms with van der Waals surface area (Å²) in [6, 6.07) is 18.5. The number of hydrogen-bond acceptors (Lipinski definition) is 2. The van der Waals surface area contributed by atoms with E-state index >= 15 is 0 Å². The van der Waals surface area contributed by atoms with Gasteiger partial charge >= 0.3 is 5.97 Å². The standard InChI is InChI=1S/C22H25NO2/c1-15-9-5-7-11-17(15)18(14-21(24)25-22(2,3)4)20-13-16-10-6-8-12-19(16)23-20/h5-13,18,23H,14H2,1-4H3. The number of benzene rings is 2. The first-order valence-corrected chi connectivity index (χ1v) is 8.68. The average molecular weight is 335 g/mol. The molecule has 0 saturated heterocycles. The molecule has 0 bridgehead atoms. The summed E-state index contributed by atoms with van der Waals surface area (Å²) in [6.45, 7) is 7.78. The Labute approximate surface area is 149 Å². The molecule has 2 aromatic carbocycles. The molecule has 0 aliphatic rings. The second-order valence-corrected chi connectivity index (χ2v) is 7.51. The molecule has 0 spiro atoms. The second-order valence-electron chi connectivity index (χ2n) is 7.51. The molecule has 0 aliphatic carbocycles. The normalized spacial score (nSPS) is 13.0. The molecule has 1 N–H and O–H groups in total. The minimum Gasteiger partial charge on any atom is -0.460 e. The summed E-state index contributed by atoms with van der Waals surface area (Å²) in [6.07, 6.45) is 0.314. The van der Waals surface area contributed by atoms with E-state index in [4.69, 9.17) is 4.74 Å². The molecule has 0 saturated carbocycles. The Kier molecular flexibility index (Phi) is 4.67. The molecule has 1 atom stereocenters. The highest BCUT2D eigenvalue weighted by Crippen LogP contribution is 2.32. The van der Waals surface area contributed by atoms with Crippen LogP contribution in [0.3, 0.4) is 0 Å². The molecule has 1 aromatic heterocycles. The number of nitrogens with one attached hydrogen (secondary N) is 1. The van der Waals surface area contributed by atoms with Crippen LogP contribution in [0.1, 0.15) is 49.9 Å². The summed E-state index contributed by atoms with van der Waals surface area (Å²) in [4.78, 5) is 16.0. The van der Waals surface area contributed by atoms with Crippen molar-refractivity contribution in [1.29, 1.82) is 0 Å². The minimum atomic E-state index is -0.478. The number of aryl methyl sites for hydroxylation is 1. The van der Waals surface area contributed by atoms with Crippen molar-refractivity contribution in [3.05, 3.63) is 71.4 Å². The van der Waals surface area contributed by atoms with Gasteiger partial charge in [0.15, 0.2) is 0 Å². The van der Waals surface area contributed by atoms with Crippen LogP contribution in [0.2, 0.25) is 0 Å². The topological polar surface area (TPSA) is 42.1 Å². The number of carbonyl (C=O) groups excluding carboxylic acids is 1. The van der Waals surface area contributed by atoms with Crippen LogP contribution in [0.4, 0.5) is 0 Å². The Hall–Kier alpha value is -2.55. The van der Waals surface area contributed by atoms with Crippen molar-refractivity contribution in [1.82, 2.24) is 4.98 Å². The zero-order valence-electron chi connectivity index (χ0n) is 15.3. The molecule has 1 unspecified atom stereocenters. The van der Waals surface area contributed by atoms with Gasteiger partial charge in [0.1, 0.15) is 5.60 Å². The summed E-state index contributed by atoms with van der Waals surface area (Å²) < 4.78 is 5.57. The quantitative estimate of drug-likeness (QED) is 0.654. The largest absolute Gasteiger partial charge is 0.460 e. The lowest BCUT2D eigenvalue weighted by atomic mass is 9.89. The maximum absolute atomic E-state index is 12.5. The van der Waals surface area contributed by atoms with Gasteiger partial charge in [0.05, 0.1) is 6.42 Å². The van der Waals surface area contributed by atoms with Gasteiger partial charge in [0.25, 0.3) is 0 Å². The van der Waals surface area contributed by atoms with Crippen LogP contribution >= 0.6 is 0 Å². The van der Waals surface area contributed by atoms with E-state index in [0.29, 0.717) is 6.42 Å². The van der Waals surface area contributed by atoms with Crippen molar-refractivity contribution in [3.63, 3.8) is 0 Å². The number of para-hydroxylation sites is 1. The van der Waals surface area contributed by atoms with Crippen molar-refractivity contribution in [2.75, 3.05) is 0 Å². The zero-order valence-corrected chi connectivity index (χ0v) is 15.3. The van der Waals surface area contributed by atoms with Crippen molar-refractivity contribution >= 4 is 16.9 Å². The van der Waals surface area contributed by atoms with Crippen LogP contribution in [-0.4, -0.2) is 16.6 Å². The summed E-state index contributed by atoms with van der Waals surface area (Å²) in [5.74, 6) is -0.233. The second kappa shape index (κ2) is 6.75. The predicted molar refractivity (Wildman–Crippen MR) is 102 cm³/mol. The molecule has 130 valence electrons. The summed E-state index contributed by atoms with van der Waals surface area (Å²) in [7, 11) is 0. The number of H-pyrrole nitrogens is 1. The smallest absolute Gasteiger partial charge is 0.307 e. The monoisotopic (exact) mass is 335 g/mol. The Morgan fingerprint density at radius 1 is 1.08 bits per heavy atom. The molecule has 3 aromatic rings. The lowest BCUT2D eigenvalue weighted by Crippen LogP contribution is -2.25. The Balaban J connectivity index is 2.00. The van der Waals surface area contributed by atoms with Gasteiger partial charge in [0.2, 0.25) is 0 Å². The number of fused-ring (bicyclic) bond motifs is 1. The van der Waals surface area contributed by atoms with Gasteiger partial charge in [-0.3, -0.25) is 4.79 Å². The molecule has 0 fully saturated rings. The van der Waals surface area contributed by atoms with Gasteiger partial charge in [-0.1, -0.05) is 42.5 Å². The number of hydrogen-bond donors (Lipinski definition) is 1. The Morgan fingerprint density at radius 3 is 2.44 bits per heavy atom. The first-order chi connectivity index (χ1) is 11.8. The van der Waals surface area contributed by atoms with Gasteiger partial charge in [-0.05, 0) is 56.3 Å². The van der Waals surface area contributed by atoms with Gasteiger partial charge in [-0.25, -0.2) is 0 Å². The number of aromatic nitrogens is 1. The Morgan fingerprint density at radius 2 is 1.76 bits per heavy atom. The zero-order chi connectivity index (χ0) is 18.0. The van der Waals surface area contributed by atoms with E-state index in [0.717, 1.165) is 22.2 Å². The van der Waals surface area contributed by atoms with E-state index < -0.39 is 5.60 Å². The predicted octanol–water partition coefficient (Wildman–Crippen LogP) is 5.34. The van der Waals surface area contributed by atoms with E-state index in [-0.39, 0.29) is 11.9 Å². The van der Waals surface area contributed by atoms with Crippen molar-refractivity contribution < 1.29 is 9.53 Å². The number of esters is 1. The molecule has 0 radical (unpaired) electrons. The van der Waals surface area contributed by atoms with Gasteiger partial charge in [-0.15, -0.1) is 0 Å². The van der Waals surface area contributed by atoms with Crippen LogP contribution in [0.25, 0.3) is 10.9 Å². The molecular weight excluding hydrogens is 310 g/mol. The van der Waals surface area contributed by atoms with Crippen LogP contribution in [0.5, 0.6) is 0 Å². The maximum Gasteiger partial charge on any atom is 0.307 e. The molecule has 3 heteroatoms. The van der Waals surface area contributed by atoms with Crippen molar-refractivity contribution in [2.24, 2.45) is 0 Å². The SMILES string of the molecule is Cc1ccccc1C(CC(=O)OC(C)(C)C)c1cc2ccccc2[nH]1. The van der Waals surface area contributed by atoms with Crippen LogP contribution in [0, 0.1) is 6.92 Å². The third kappa shape index (κ3) is 4.11. The van der Waals surface area contributed by atoms with E-state index in [9.17, 15) is 4.79 Å². The molecule has 3 rings (SSSR count). The highest BCUT2D eigenvalue weighted by molar-refractivity contribution is 5.81. The number of ether oxygens (including phenoxy) is 1. The number of aromatic amines is 1. The fourth-order valence-corrected chi connectivity index (χ4v) is 3.20. The van der Waals surface area contributed by atoms with E-state index in [1.54, 1.807) is 0 Å². The highest BCUT2D eigenvalue weighted by Gasteiger charge is 2.25. The lowest BCUT2D eigenvalue weighted by Gasteiger charge is -2.23. The molecule has 25 heavy (non-hydrogen) atoms. The Bertz CT molecular complexity index is 853. The maximum atomic E-state index is 12.5. The fourth-order valence-electron chi connectivity index (χ4n) is 3.20. The number of rotatable bonds is 4. The summed E-state index contributed by atoms with van der Waals surface area (Å²) >= 11 is 0. The fraction of sp³-hybridized carbons (Fsp3) is 0.318. The first kappa shape index (κ1) is 17.3.